The third-order valence-corrected chi connectivity index (χ3v) is 5.60. The summed E-state index contributed by atoms with van der Waals surface area (Å²) in [6.07, 6.45) is 1.39. The predicted octanol–water partition coefficient (Wildman–Crippen LogP) is 2.95. The van der Waals surface area contributed by atoms with Crippen LogP contribution in [-0.4, -0.2) is 33.5 Å². The van der Waals surface area contributed by atoms with E-state index in [1.165, 1.54) is 22.2 Å². The van der Waals surface area contributed by atoms with E-state index < -0.39 is 0 Å². The molecular weight excluding hydrogens is 362 g/mol. The van der Waals surface area contributed by atoms with Gasteiger partial charge < -0.3 is 10.2 Å². The van der Waals surface area contributed by atoms with Gasteiger partial charge in [-0.1, -0.05) is 17.4 Å². The molecule has 142 valence electrons. The van der Waals surface area contributed by atoms with Gasteiger partial charge in [-0.05, 0) is 51.0 Å². The van der Waals surface area contributed by atoms with Crippen LogP contribution in [-0.2, 0) is 11.3 Å². The fourth-order valence-electron chi connectivity index (χ4n) is 2.75. The molecule has 0 aliphatic rings. The fourth-order valence-corrected chi connectivity index (χ4v) is 3.85. The van der Waals surface area contributed by atoms with Crippen molar-refractivity contribution in [3.05, 3.63) is 46.0 Å². The molecule has 2 heterocycles. The molecule has 0 aliphatic carbocycles. The Balaban J connectivity index is 1.82. The van der Waals surface area contributed by atoms with Gasteiger partial charge in [-0.25, -0.2) is 4.98 Å². The van der Waals surface area contributed by atoms with Crippen molar-refractivity contribution < 1.29 is 4.79 Å². The molecule has 0 aliphatic heterocycles. The van der Waals surface area contributed by atoms with Gasteiger partial charge in [0.2, 0.25) is 5.91 Å². The highest BCUT2D eigenvalue weighted by molar-refractivity contribution is 7.22. The summed E-state index contributed by atoms with van der Waals surface area (Å²) in [5.74, 6) is -0.269. The fraction of sp³-hybridized carbons (Fsp3) is 0.368. The number of aromatic nitrogens is 3. The smallest absolute Gasteiger partial charge is 0.273 e. The Morgan fingerprint density at radius 2 is 1.96 bits per heavy atom. The lowest BCUT2D eigenvalue weighted by atomic mass is 10.1. The summed E-state index contributed by atoms with van der Waals surface area (Å²) in [6.45, 7) is 9.61. The number of fused-ring (bicyclic) bond motifs is 1. The lowest BCUT2D eigenvalue weighted by Crippen LogP contribution is -2.27. The summed E-state index contributed by atoms with van der Waals surface area (Å²) < 4.78 is 1.79. The van der Waals surface area contributed by atoms with Crippen molar-refractivity contribution in [2.45, 2.75) is 34.2 Å². The molecule has 0 unspecified atom stereocenters. The van der Waals surface area contributed by atoms with Gasteiger partial charge in [-0.3, -0.25) is 14.2 Å². The van der Waals surface area contributed by atoms with Crippen LogP contribution in [0.4, 0.5) is 10.8 Å². The standard InChI is InChI=1S/C19H23N5O2S/c1-5-23(6-2)19-22-17-16(27-19)18(26)24(11-20-17)10-15(25)21-14-8-7-12(3)13(4)9-14/h7-9,11H,5-6,10H2,1-4H3,(H,21,25). The van der Waals surface area contributed by atoms with Crippen molar-refractivity contribution in [1.82, 2.24) is 14.5 Å². The summed E-state index contributed by atoms with van der Waals surface area (Å²) in [5.41, 5.74) is 3.16. The van der Waals surface area contributed by atoms with Gasteiger partial charge in [0.25, 0.3) is 5.56 Å². The SMILES string of the molecule is CCN(CC)c1nc2ncn(CC(=O)Nc3ccc(C)c(C)c3)c(=O)c2s1. The molecule has 0 bridgehead atoms. The van der Waals surface area contributed by atoms with E-state index in [0.717, 1.165) is 29.3 Å². The summed E-state index contributed by atoms with van der Waals surface area (Å²) >= 11 is 1.32. The van der Waals surface area contributed by atoms with Crippen molar-refractivity contribution in [2.24, 2.45) is 0 Å². The Bertz CT molecular complexity index is 1040. The minimum atomic E-state index is -0.269. The third-order valence-electron chi connectivity index (χ3n) is 4.51. The molecule has 0 spiro atoms. The number of nitrogens with zero attached hydrogens (tertiary/aromatic N) is 4. The number of nitrogens with one attached hydrogen (secondary N) is 1. The number of thiazole rings is 1. The first-order valence-corrected chi connectivity index (χ1v) is 9.72. The number of hydrogen-bond donors (Lipinski definition) is 1. The van der Waals surface area contributed by atoms with E-state index in [9.17, 15) is 9.59 Å². The van der Waals surface area contributed by atoms with Crippen LogP contribution in [0.25, 0.3) is 10.3 Å². The Labute approximate surface area is 161 Å². The third kappa shape index (κ3) is 4.00. The average molecular weight is 385 g/mol. The van der Waals surface area contributed by atoms with E-state index in [4.69, 9.17) is 0 Å². The number of benzene rings is 1. The van der Waals surface area contributed by atoms with Gasteiger partial charge >= 0.3 is 0 Å². The highest BCUT2D eigenvalue weighted by Gasteiger charge is 2.15. The molecule has 1 N–H and O–H groups in total. The first-order valence-electron chi connectivity index (χ1n) is 8.91. The minimum absolute atomic E-state index is 0.0901. The van der Waals surface area contributed by atoms with Crippen LogP contribution in [0, 0.1) is 13.8 Å². The number of carbonyl (C=O) groups excluding carboxylic acids is 1. The van der Waals surface area contributed by atoms with Crippen molar-refractivity contribution >= 4 is 38.4 Å². The second-order valence-corrected chi connectivity index (χ2v) is 7.32. The van der Waals surface area contributed by atoms with Crippen molar-refractivity contribution in [1.29, 1.82) is 0 Å². The monoisotopic (exact) mass is 385 g/mol. The number of rotatable bonds is 6. The van der Waals surface area contributed by atoms with E-state index in [0.29, 0.717) is 16.0 Å². The van der Waals surface area contributed by atoms with Crippen LogP contribution in [0.3, 0.4) is 0 Å². The van der Waals surface area contributed by atoms with Crippen LogP contribution >= 0.6 is 11.3 Å². The van der Waals surface area contributed by atoms with E-state index in [1.807, 2.05) is 45.9 Å². The molecule has 0 saturated heterocycles. The predicted molar refractivity (Wildman–Crippen MR) is 110 cm³/mol. The van der Waals surface area contributed by atoms with Gasteiger partial charge in [0, 0.05) is 18.8 Å². The summed E-state index contributed by atoms with van der Waals surface area (Å²) in [4.78, 5) is 35.8. The molecule has 7 nitrogen and oxygen atoms in total. The number of aryl methyl sites for hydroxylation is 2. The largest absolute Gasteiger partial charge is 0.349 e. The molecule has 8 heteroatoms. The maximum Gasteiger partial charge on any atom is 0.273 e. The molecule has 1 amide bonds. The van der Waals surface area contributed by atoms with Crippen LogP contribution in [0.1, 0.15) is 25.0 Å². The van der Waals surface area contributed by atoms with E-state index in [2.05, 4.69) is 20.2 Å². The Morgan fingerprint density at radius 1 is 1.22 bits per heavy atom. The number of anilines is 2. The molecule has 1 aromatic carbocycles. The number of amides is 1. The first-order chi connectivity index (χ1) is 12.9. The van der Waals surface area contributed by atoms with Crippen molar-refractivity contribution in [3.8, 4) is 0 Å². The molecule has 27 heavy (non-hydrogen) atoms. The summed E-state index contributed by atoms with van der Waals surface area (Å²) in [7, 11) is 0. The highest BCUT2D eigenvalue weighted by Crippen LogP contribution is 2.24. The van der Waals surface area contributed by atoms with Crippen molar-refractivity contribution in [3.63, 3.8) is 0 Å². The molecule has 0 saturated carbocycles. The van der Waals surface area contributed by atoms with Crippen LogP contribution < -0.4 is 15.8 Å². The highest BCUT2D eigenvalue weighted by atomic mass is 32.1. The van der Waals surface area contributed by atoms with Gasteiger partial charge in [-0.15, -0.1) is 0 Å². The zero-order valence-electron chi connectivity index (χ0n) is 15.9. The zero-order valence-corrected chi connectivity index (χ0v) is 16.8. The van der Waals surface area contributed by atoms with Crippen LogP contribution in [0.5, 0.6) is 0 Å². The lowest BCUT2D eigenvalue weighted by Gasteiger charge is -2.15. The normalized spacial score (nSPS) is 11.0. The van der Waals surface area contributed by atoms with E-state index in [1.54, 1.807) is 0 Å². The molecule has 0 atom stereocenters. The molecular formula is C19H23N5O2S. The molecule has 3 aromatic rings. The van der Waals surface area contributed by atoms with E-state index >= 15 is 0 Å². The molecule has 3 rings (SSSR count). The Kier molecular flexibility index (Phi) is 5.55. The second-order valence-electron chi connectivity index (χ2n) is 6.35. The molecule has 0 radical (unpaired) electrons. The Morgan fingerprint density at radius 3 is 2.63 bits per heavy atom. The summed E-state index contributed by atoms with van der Waals surface area (Å²) in [6, 6.07) is 5.72. The maximum atomic E-state index is 12.7. The molecule has 0 fully saturated rings. The average Bonchev–Trinajstić information content (AvgIpc) is 3.06. The van der Waals surface area contributed by atoms with Gasteiger partial charge in [0.1, 0.15) is 17.6 Å². The first kappa shape index (κ1) is 19.0. The quantitative estimate of drug-likeness (QED) is 0.706. The zero-order chi connectivity index (χ0) is 19.6. The lowest BCUT2D eigenvalue weighted by molar-refractivity contribution is -0.116. The minimum Gasteiger partial charge on any atom is -0.349 e. The second kappa shape index (κ2) is 7.87. The van der Waals surface area contributed by atoms with Crippen LogP contribution in [0.15, 0.2) is 29.3 Å². The van der Waals surface area contributed by atoms with Crippen molar-refractivity contribution in [2.75, 3.05) is 23.3 Å². The van der Waals surface area contributed by atoms with E-state index in [-0.39, 0.29) is 18.0 Å². The van der Waals surface area contributed by atoms with Gasteiger partial charge in [0.05, 0.1) is 0 Å². The van der Waals surface area contributed by atoms with Crippen LogP contribution in [0.2, 0.25) is 0 Å². The number of hydrogen-bond acceptors (Lipinski definition) is 6. The maximum absolute atomic E-state index is 12.7. The van der Waals surface area contributed by atoms with Gasteiger partial charge in [-0.2, -0.15) is 4.98 Å². The summed E-state index contributed by atoms with van der Waals surface area (Å²) in [5, 5.41) is 3.60. The topological polar surface area (TPSA) is 80.1 Å². The Hall–Kier alpha value is -2.74. The van der Waals surface area contributed by atoms with Gasteiger partial charge in [0.15, 0.2) is 10.8 Å². The number of carbonyl (C=O) groups is 1. The molecule has 2 aromatic heterocycles.